The number of hydrogen-bond donors (Lipinski definition) is 4. The lowest BCUT2D eigenvalue weighted by molar-refractivity contribution is -0.118. The molecule has 2 aliphatic rings. The summed E-state index contributed by atoms with van der Waals surface area (Å²) >= 11 is 5.81. The summed E-state index contributed by atoms with van der Waals surface area (Å²) in [4.78, 5) is 67.3. The highest BCUT2D eigenvalue weighted by Gasteiger charge is 2.53. The van der Waals surface area contributed by atoms with Gasteiger partial charge in [-0.1, -0.05) is 39.0 Å². The second-order valence-corrected chi connectivity index (χ2v) is 17.8. The zero-order valence-electron chi connectivity index (χ0n) is 32.7. The summed E-state index contributed by atoms with van der Waals surface area (Å²) < 4.78 is 66.8. The maximum Gasteiger partial charge on any atom is 0.695 e. The number of nitriles is 1. The Hall–Kier alpha value is -4.98. The molecule has 322 valence electrons. The second kappa shape index (κ2) is 19.0. The first kappa shape index (κ1) is 44.1. The van der Waals surface area contributed by atoms with E-state index < -0.39 is 82.0 Å². The molecule has 2 saturated heterocycles. The minimum Gasteiger partial charge on any atom is -0.352 e. The predicted octanol–water partition coefficient (Wildman–Crippen LogP) is 4.94. The van der Waals surface area contributed by atoms with Crippen LogP contribution >= 0.6 is 15.0 Å². The highest BCUT2D eigenvalue weighted by atomic mass is 32.5. The van der Waals surface area contributed by atoms with Crippen molar-refractivity contribution in [2.45, 2.75) is 83.1 Å². The van der Waals surface area contributed by atoms with Crippen LogP contribution in [0.25, 0.3) is 22.2 Å². The Balaban J connectivity index is 1.09. The largest absolute Gasteiger partial charge is 0.695 e. The van der Waals surface area contributed by atoms with Gasteiger partial charge in [-0.05, 0) is 36.4 Å². The Kier molecular flexibility index (Phi) is 13.7. The number of H-pyrrole nitrogens is 1. The Bertz CT molecular complexity index is 2570. The van der Waals surface area contributed by atoms with Crippen LogP contribution in [0.3, 0.4) is 0 Å². The molecule has 5 aromatic rings. The van der Waals surface area contributed by atoms with Crippen molar-refractivity contribution in [3.8, 4) is 6.07 Å². The van der Waals surface area contributed by atoms with Crippen LogP contribution in [0.2, 0.25) is 0 Å². The standard InChI is InChI=1S/C36H39FN10O11P2S/c1-4-22-23(15-25(55-22)46-13-11-21-29(39-17-40-30(21)46)42-33(49)20-9-6-5-7-10-20)58-60(61,53-14-8-12-38)54-16-24-26(37)28(57-59(51)52)35(56-24)47-18-41-27-31(47)43-36(45-34(27)50)44-32(48)19(2)3/h5-7,9-11,13,17-19,22-26,28,35H,4,8,14-16H2,1-3H3,(H3-,39,40,42,43,44,45,48,49,50,51,52)/p+1/t22-,23+,24-,25-,26-,28-,35-,60?/m1/s1. The topological polar surface area (TPSA) is 269 Å². The van der Waals surface area contributed by atoms with Crippen LogP contribution in [-0.2, 0) is 48.7 Å². The van der Waals surface area contributed by atoms with E-state index in [0.29, 0.717) is 28.8 Å². The van der Waals surface area contributed by atoms with E-state index in [9.17, 15) is 29.1 Å². The van der Waals surface area contributed by atoms with E-state index in [2.05, 4.69) is 35.6 Å². The van der Waals surface area contributed by atoms with Crippen molar-refractivity contribution >= 4 is 72.6 Å². The number of halogens is 1. The highest BCUT2D eigenvalue weighted by Crippen LogP contribution is 2.55. The summed E-state index contributed by atoms with van der Waals surface area (Å²) in [5.41, 5.74) is -0.135. The number of alkyl halides is 1. The van der Waals surface area contributed by atoms with Crippen LogP contribution < -0.4 is 16.2 Å². The van der Waals surface area contributed by atoms with Crippen LogP contribution in [-0.4, -0.2) is 94.6 Å². The molecular weight excluding hydrogens is 861 g/mol. The Morgan fingerprint density at radius 1 is 1.13 bits per heavy atom. The van der Waals surface area contributed by atoms with Crippen molar-refractivity contribution in [1.82, 2.24) is 34.1 Å². The van der Waals surface area contributed by atoms with Gasteiger partial charge in [0.1, 0.15) is 30.1 Å². The molecule has 4 aromatic heterocycles. The van der Waals surface area contributed by atoms with Gasteiger partial charge in [0.05, 0.1) is 49.6 Å². The van der Waals surface area contributed by atoms with Gasteiger partial charge in [0.2, 0.25) is 11.9 Å². The van der Waals surface area contributed by atoms with Crippen molar-refractivity contribution in [1.29, 1.82) is 5.26 Å². The van der Waals surface area contributed by atoms with E-state index in [1.165, 1.54) is 6.33 Å². The number of fused-ring (bicyclic) bond motifs is 2. The number of rotatable bonds is 17. The third-order valence-corrected chi connectivity index (χ3v) is 12.6. The first-order chi connectivity index (χ1) is 29.3. The van der Waals surface area contributed by atoms with Crippen LogP contribution in [0, 0.1) is 17.2 Å². The summed E-state index contributed by atoms with van der Waals surface area (Å²) in [5.74, 6) is -1.16. The number of ether oxygens (including phenoxy) is 2. The molecule has 1 aromatic carbocycles. The smallest absolute Gasteiger partial charge is 0.352 e. The van der Waals surface area contributed by atoms with Crippen LogP contribution in [0.1, 0.15) is 62.8 Å². The average Bonchev–Trinajstić information content (AvgIpc) is 4.02. The van der Waals surface area contributed by atoms with Crippen LogP contribution in [0.4, 0.5) is 16.2 Å². The minimum atomic E-state index is -3.83. The number of carbonyl (C=O) groups is 2. The maximum absolute atomic E-state index is 16.2. The predicted molar refractivity (Wildman–Crippen MR) is 217 cm³/mol. The second-order valence-electron chi connectivity index (χ2n) is 14.1. The quantitative estimate of drug-likeness (QED) is 0.0711. The molecule has 25 heteroatoms. The number of carbonyl (C=O) groups excluding carboxylic acids is 2. The molecule has 7 rings (SSSR count). The van der Waals surface area contributed by atoms with E-state index in [1.807, 2.05) is 19.1 Å². The fourth-order valence-electron chi connectivity index (χ4n) is 6.75. The summed E-state index contributed by atoms with van der Waals surface area (Å²) in [7, 11) is -3.37. The summed E-state index contributed by atoms with van der Waals surface area (Å²) in [5, 5.41) is 15.1. The van der Waals surface area contributed by atoms with Gasteiger partial charge < -0.3 is 32.9 Å². The molecule has 0 aliphatic carbocycles. The molecule has 2 unspecified atom stereocenters. The number of imidazole rings is 1. The van der Waals surface area contributed by atoms with Crippen molar-refractivity contribution in [3.63, 3.8) is 0 Å². The normalized spacial score (nSPS) is 23.9. The van der Waals surface area contributed by atoms with Crippen LogP contribution in [0.5, 0.6) is 0 Å². The Morgan fingerprint density at radius 3 is 2.64 bits per heavy atom. The first-order valence-corrected chi connectivity index (χ1v) is 22.7. The molecule has 0 radical (unpaired) electrons. The van der Waals surface area contributed by atoms with Gasteiger partial charge in [-0.25, -0.2) is 19.3 Å². The van der Waals surface area contributed by atoms with E-state index >= 15 is 4.39 Å². The minimum absolute atomic E-state index is 0.0725. The number of nitrogens with one attached hydrogen (secondary N) is 3. The maximum atomic E-state index is 16.2. The number of anilines is 2. The number of nitrogens with zero attached hydrogens (tertiary/aromatic N) is 7. The van der Waals surface area contributed by atoms with E-state index in [0.717, 1.165) is 10.9 Å². The van der Waals surface area contributed by atoms with E-state index in [1.54, 1.807) is 54.9 Å². The first-order valence-electron chi connectivity index (χ1n) is 19.0. The molecule has 61 heavy (non-hydrogen) atoms. The highest BCUT2D eigenvalue weighted by molar-refractivity contribution is 8.07. The summed E-state index contributed by atoms with van der Waals surface area (Å²) in [6, 6.07) is 12.4. The molecule has 2 aliphatic heterocycles. The van der Waals surface area contributed by atoms with Gasteiger partial charge >= 0.3 is 15.0 Å². The molecule has 0 spiro atoms. The fraction of sp³-hybridized carbons (Fsp3) is 0.444. The number of hydrogen-bond acceptors (Lipinski definition) is 16. The van der Waals surface area contributed by atoms with E-state index in [-0.39, 0.29) is 42.5 Å². The zero-order chi connectivity index (χ0) is 43.4. The van der Waals surface area contributed by atoms with Crippen molar-refractivity contribution in [2.24, 2.45) is 5.92 Å². The number of amides is 2. The van der Waals surface area contributed by atoms with E-state index in [4.69, 9.17) is 39.4 Å². The number of aromatic nitrogens is 7. The van der Waals surface area contributed by atoms with Gasteiger partial charge in [-0.2, -0.15) is 10.2 Å². The van der Waals surface area contributed by atoms with Gasteiger partial charge in [0.25, 0.3) is 11.5 Å². The number of aromatic amines is 1. The van der Waals surface area contributed by atoms with Gasteiger partial charge in [0.15, 0.2) is 29.7 Å². The molecule has 21 nitrogen and oxygen atoms in total. The molecule has 6 heterocycles. The average molecular weight is 902 g/mol. The third-order valence-electron chi connectivity index (χ3n) is 9.74. The Labute approximate surface area is 352 Å². The molecule has 2 amide bonds. The molecular formula is C36H40FN10O11P2S+. The van der Waals surface area contributed by atoms with Gasteiger partial charge in [-0.3, -0.25) is 29.3 Å². The fourth-order valence-corrected chi connectivity index (χ4v) is 9.31. The zero-order valence-corrected chi connectivity index (χ0v) is 35.3. The lowest BCUT2D eigenvalue weighted by Crippen LogP contribution is -2.31. The van der Waals surface area contributed by atoms with Crippen molar-refractivity contribution in [2.75, 3.05) is 23.8 Å². The summed E-state index contributed by atoms with van der Waals surface area (Å²) in [6.45, 7) is 0.543. The number of benzene rings is 1. The Morgan fingerprint density at radius 2 is 1.92 bits per heavy atom. The third kappa shape index (κ3) is 9.74. The molecule has 9 atom stereocenters. The van der Waals surface area contributed by atoms with Crippen LogP contribution in [0.15, 0.2) is 60.0 Å². The lowest BCUT2D eigenvalue weighted by atomic mass is 10.1. The monoisotopic (exact) mass is 901 g/mol. The van der Waals surface area contributed by atoms with Crippen molar-refractivity contribution < 1.29 is 51.0 Å². The SMILES string of the molecule is CC[C@H]1O[C@@H](n2ccc3c(NC(=O)c4ccccc4)ncnc32)C[C@@H]1OP(=S)(OCCC#N)OC[C@H]1O[C@@H](n2cnc3c(=O)[nH]c(NC(=O)C(C)C)nc32)[C@H](O[P+](=O)O)[C@@H]1F. The lowest BCUT2D eigenvalue weighted by Gasteiger charge is -2.27. The molecule has 2 fully saturated rings. The van der Waals surface area contributed by atoms with Gasteiger partial charge in [-0.15, -0.1) is 9.42 Å². The van der Waals surface area contributed by atoms with Gasteiger partial charge in [0, 0.05) is 28.7 Å². The van der Waals surface area contributed by atoms with Crippen molar-refractivity contribution in [3.05, 3.63) is 71.2 Å². The molecule has 4 N–H and O–H groups in total. The summed E-state index contributed by atoms with van der Waals surface area (Å²) in [6.07, 6.45) is -3.94. The molecule has 0 saturated carbocycles. The molecule has 0 bridgehead atoms.